The van der Waals surface area contributed by atoms with Gasteiger partial charge in [-0.15, -0.1) is 0 Å². The van der Waals surface area contributed by atoms with Crippen molar-refractivity contribution in [2.75, 3.05) is 19.5 Å². The molecule has 0 aliphatic carbocycles. The molecule has 106 valence electrons. The van der Waals surface area contributed by atoms with Crippen LogP contribution in [-0.4, -0.2) is 19.2 Å². The van der Waals surface area contributed by atoms with Gasteiger partial charge in [-0.05, 0) is 52.2 Å². The minimum atomic E-state index is 0.677. The van der Waals surface area contributed by atoms with Crippen LogP contribution in [0.5, 0.6) is 11.5 Å². The number of nitrogens with one attached hydrogen (secondary N) is 1. The fourth-order valence-corrected chi connectivity index (χ4v) is 2.04. The van der Waals surface area contributed by atoms with Gasteiger partial charge in [-0.2, -0.15) is 0 Å². The smallest absolute Gasteiger partial charge is 0.122 e. The van der Waals surface area contributed by atoms with Crippen molar-refractivity contribution in [3.8, 4) is 11.5 Å². The van der Waals surface area contributed by atoms with E-state index in [1.807, 2.05) is 25.1 Å². The third kappa shape index (κ3) is 3.63. The first-order chi connectivity index (χ1) is 9.62. The molecule has 1 heterocycles. The van der Waals surface area contributed by atoms with Gasteiger partial charge in [0, 0.05) is 12.6 Å². The van der Waals surface area contributed by atoms with Crippen LogP contribution in [0.25, 0.3) is 0 Å². The number of methoxy groups -OCH3 is 2. The number of benzene rings is 1. The van der Waals surface area contributed by atoms with E-state index in [1.165, 1.54) is 0 Å². The van der Waals surface area contributed by atoms with Crippen LogP contribution in [-0.2, 0) is 6.54 Å². The molecule has 0 saturated carbocycles. The summed E-state index contributed by atoms with van der Waals surface area (Å²) in [7, 11) is 3.29. The molecular formula is C15H17BrN2O2. The molecule has 20 heavy (non-hydrogen) atoms. The number of anilines is 1. The van der Waals surface area contributed by atoms with E-state index in [-0.39, 0.29) is 0 Å². The standard InChI is InChI=1S/C15H17BrN2O2/c1-10-4-12(9-18-15(10)16)17-8-11-5-13(19-2)7-14(6-11)20-3/h4-7,9,17H,8H2,1-3H3. The molecule has 0 atom stereocenters. The summed E-state index contributed by atoms with van der Waals surface area (Å²) < 4.78 is 11.4. The molecule has 2 rings (SSSR count). The van der Waals surface area contributed by atoms with Crippen molar-refractivity contribution in [1.29, 1.82) is 0 Å². The van der Waals surface area contributed by atoms with E-state index in [0.717, 1.165) is 32.9 Å². The van der Waals surface area contributed by atoms with Crippen LogP contribution in [0.15, 0.2) is 35.1 Å². The second-order valence-corrected chi connectivity index (χ2v) is 5.16. The minimum absolute atomic E-state index is 0.677. The highest BCUT2D eigenvalue weighted by Gasteiger charge is 2.03. The van der Waals surface area contributed by atoms with Crippen LogP contribution in [0.4, 0.5) is 5.69 Å². The number of rotatable bonds is 5. The van der Waals surface area contributed by atoms with E-state index in [2.05, 4.69) is 32.3 Å². The Balaban J connectivity index is 2.11. The van der Waals surface area contributed by atoms with Crippen LogP contribution in [0.2, 0.25) is 0 Å². The molecule has 0 amide bonds. The number of hydrogen-bond acceptors (Lipinski definition) is 4. The molecular weight excluding hydrogens is 320 g/mol. The Morgan fingerprint density at radius 1 is 1.10 bits per heavy atom. The van der Waals surface area contributed by atoms with E-state index in [1.54, 1.807) is 20.4 Å². The Hall–Kier alpha value is -1.75. The second-order valence-electron chi connectivity index (χ2n) is 4.41. The van der Waals surface area contributed by atoms with Gasteiger partial charge < -0.3 is 14.8 Å². The van der Waals surface area contributed by atoms with Gasteiger partial charge in [-0.3, -0.25) is 0 Å². The van der Waals surface area contributed by atoms with Crippen molar-refractivity contribution in [3.05, 3.63) is 46.2 Å². The summed E-state index contributed by atoms with van der Waals surface area (Å²) in [4.78, 5) is 4.26. The number of hydrogen-bond donors (Lipinski definition) is 1. The van der Waals surface area contributed by atoms with Gasteiger partial charge in [0.05, 0.1) is 26.1 Å². The third-order valence-corrected chi connectivity index (χ3v) is 3.75. The molecule has 1 N–H and O–H groups in total. The molecule has 1 aromatic carbocycles. The zero-order chi connectivity index (χ0) is 14.5. The second kappa shape index (κ2) is 6.61. The van der Waals surface area contributed by atoms with E-state index in [4.69, 9.17) is 9.47 Å². The van der Waals surface area contributed by atoms with E-state index in [0.29, 0.717) is 6.54 Å². The summed E-state index contributed by atoms with van der Waals surface area (Å²) >= 11 is 3.39. The Kier molecular flexibility index (Phi) is 4.84. The van der Waals surface area contributed by atoms with Crippen LogP contribution >= 0.6 is 15.9 Å². The van der Waals surface area contributed by atoms with Gasteiger partial charge in [-0.25, -0.2) is 4.98 Å². The molecule has 4 nitrogen and oxygen atoms in total. The lowest BCUT2D eigenvalue weighted by Gasteiger charge is -2.11. The topological polar surface area (TPSA) is 43.4 Å². The first-order valence-corrected chi connectivity index (χ1v) is 6.99. The SMILES string of the molecule is COc1cc(CNc2cnc(Br)c(C)c2)cc(OC)c1. The molecule has 0 radical (unpaired) electrons. The van der Waals surface area contributed by atoms with Gasteiger partial charge >= 0.3 is 0 Å². The summed E-state index contributed by atoms with van der Waals surface area (Å²) in [5.41, 5.74) is 3.16. The van der Waals surface area contributed by atoms with Crippen molar-refractivity contribution < 1.29 is 9.47 Å². The van der Waals surface area contributed by atoms with Crippen LogP contribution < -0.4 is 14.8 Å². The predicted octanol–water partition coefficient (Wildman–Crippen LogP) is 3.78. The lowest BCUT2D eigenvalue weighted by molar-refractivity contribution is 0.393. The number of ether oxygens (including phenoxy) is 2. The molecule has 2 aromatic rings. The molecule has 0 saturated heterocycles. The Morgan fingerprint density at radius 3 is 2.30 bits per heavy atom. The zero-order valence-corrected chi connectivity index (χ0v) is 13.3. The maximum Gasteiger partial charge on any atom is 0.122 e. The Bertz CT molecular complexity index is 580. The van der Waals surface area contributed by atoms with Crippen LogP contribution in [0.1, 0.15) is 11.1 Å². The molecule has 1 aromatic heterocycles. The lowest BCUT2D eigenvalue weighted by atomic mass is 10.2. The summed E-state index contributed by atoms with van der Waals surface area (Å²) in [6.45, 7) is 2.69. The van der Waals surface area contributed by atoms with Gasteiger partial charge in [0.15, 0.2) is 0 Å². The maximum atomic E-state index is 5.26. The molecule has 0 fully saturated rings. The molecule has 0 unspecified atom stereocenters. The Labute approximate surface area is 127 Å². The average Bonchev–Trinajstić information content (AvgIpc) is 2.48. The fraction of sp³-hybridized carbons (Fsp3) is 0.267. The first kappa shape index (κ1) is 14.7. The highest BCUT2D eigenvalue weighted by atomic mass is 79.9. The average molecular weight is 337 g/mol. The molecule has 0 bridgehead atoms. The summed E-state index contributed by atoms with van der Waals surface area (Å²) in [6.07, 6.45) is 1.80. The van der Waals surface area contributed by atoms with Crippen molar-refractivity contribution in [2.24, 2.45) is 0 Å². The molecule has 0 aliphatic heterocycles. The molecule has 0 aliphatic rings. The van der Waals surface area contributed by atoms with Gasteiger partial charge in [-0.1, -0.05) is 0 Å². The van der Waals surface area contributed by atoms with Crippen LogP contribution in [0.3, 0.4) is 0 Å². The van der Waals surface area contributed by atoms with E-state index >= 15 is 0 Å². The van der Waals surface area contributed by atoms with Crippen molar-refractivity contribution >= 4 is 21.6 Å². The van der Waals surface area contributed by atoms with Gasteiger partial charge in [0.1, 0.15) is 16.1 Å². The summed E-state index contributed by atoms with van der Waals surface area (Å²) in [6, 6.07) is 7.87. The van der Waals surface area contributed by atoms with Gasteiger partial charge in [0.2, 0.25) is 0 Å². The van der Waals surface area contributed by atoms with Crippen molar-refractivity contribution in [3.63, 3.8) is 0 Å². The van der Waals surface area contributed by atoms with Gasteiger partial charge in [0.25, 0.3) is 0 Å². The number of pyridine rings is 1. The highest BCUT2D eigenvalue weighted by molar-refractivity contribution is 9.10. The van der Waals surface area contributed by atoms with Crippen molar-refractivity contribution in [1.82, 2.24) is 4.98 Å². The minimum Gasteiger partial charge on any atom is -0.497 e. The fourth-order valence-electron chi connectivity index (χ4n) is 1.83. The highest BCUT2D eigenvalue weighted by Crippen LogP contribution is 2.23. The quantitative estimate of drug-likeness (QED) is 0.844. The third-order valence-electron chi connectivity index (χ3n) is 2.92. The number of aromatic nitrogens is 1. The summed E-state index contributed by atoms with van der Waals surface area (Å²) in [5.74, 6) is 1.57. The monoisotopic (exact) mass is 336 g/mol. The Morgan fingerprint density at radius 2 is 1.75 bits per heavy atom. The zero-order valence-electron chi connectivity index (χ0n) is 11.7. The number of aryl methyl sites for hydroxylation is 1. The number of halogens is 1. The van der Waals surface area contributed by atoms with Crippen molar-refractivity contribution in [2.45, 2.75) is 13.5 Å². The summed E-state index contributed by atoms with van der Waals surface area (Å²) in [5, 5.41) is 3.34. The first-order valence-electron chi connectivity index (χ1n) is 6.20. The molecule has 5 heteroatoms. The maximum absolute atomic E-state index is 5.26. The number of nitrogens with zero attached hydrogens (tertiary/aromatic N) is 1. The predicted molar refractivity (Wildman–Crippen MR) is 83.5 cm³/mol. The molecule has 0 spiro atoms. The van der Waals surface area contributed by atoms with E-state index in [9.17, 15) is 0 Å². The normalized spacial score (nSPS) is 10.2. The van der Waals surface area contributed by atoms with Crippen LogP contribution in [0, 0.1) is 6.92 Å². The lowest BCUT2D eigenvalue weighted by Crippen LogP contribution is -2.01. The largest absolute Gasteiger partial charge is 0.497 e. The van der Waals surface area contributed by atoms with E-state index < -0.39 is 0 Å².